The molecule has 1 aliphatic heterocycles. The van der Waals surface area contributed by atoms with Gasteiger partial charge in [-0.15, -0.1) is 0 Å². The average Bonchev–Trinajstić information content (AvgIpc) is 2.20. The summed E-state index contributed by atoms with van der Waals surface area (Å²) < 4.78 is 0. The molecule has 0 spiro atoms. The molecule has 2 nitrogen and oxygen atoms in total. The van der Waals surface area contributed by atoms with Crippen LogP contribution in [0.5, 0.6) is 0 Å². The van der Waals surface area contributed by atoms with E-state index in [1.807, 2.05) is 0 Å². The minimum atomic E-state index is 0.402. The topological polar surface area (TPSA) is 29.3 Å². The number of hydrogen-bond acceptors (Lipinski definition) is 2. The molecule has 0 aromatic carbocycles. The lowest BCUT2D eigenvalue weighted by Gasteiger charge is -2.38. The maximum Gasteiger partial charge on any atom is 0.00220 e. The van der Waals surface area contributed by atoms with Crippen LogP contribution in [0.3, 0.4) is 0 Å². The highest BCUT2D eigenvalue weighted by Crippen LogP contribution is 2.27. The van der Waals surface area contributed by atoms with Crippen molar-refractivity contribution < 1.29 is 0 Å². The van der Waals surface area contributed by atoms with Gasteiger partial charge in [-0.2, -0.15) is 0 Å². The molecule has 1 aliphatic rings. The predicted octanol–water partition coefficient (Wildman–Crippen LogP) is 2.98. The van der Waals surface area contributed by atoms with E-state index in [9.17, 15) is 0 Å². The van der Waals surface area contributed by atoms with Gasteiger partial charge in [-0.1, -0.05) is 34.6 Å². The van der Waals surface area contributed by atoms with E-state index < -0.39 is 0 Å². The molecule has 1 rings (SSSR count). The highest BCUT2D eigenvalue weighted by atomic mass is 15.1. The minimum absolute atomic E-state index is 0.402. The number of likely N-dealkylation sites (tertiary alicyclic amines) is 1. The Morgan fingerprint density at radius 3 is 2.35 bits per heavy atom. The summed E-state index contributed by atoms with van der Waals surface area (Å²) >= 11 is 0. The number of rotatable bonds is 4. The number of nitrogens with zero attached hydrogens (tertiary/aromatic N) is 1. The molecule has 0 aromatic heterocycles. The molecule has 3 unspecified atom stereocenters. The van der Waals surface area contributed by atoms with Crippen LogP contribution >= 0.6 is 0 Å². The summed E-state index contributed by atoms with van der Waals surface area (Å²) in [4.78, 5) is 2.63. The van der Waals surface area contributed by atoms with Gasteiger partial charge in [0.1, 0.15) is 0 Å². The monoisotopic (exact) mass is 240 g/mol. The van der Waals surface area contributed by atoms with Crippen LogP contribution in [0.1, 0.15) is 47.5 Å². The molecular weight excluding hydrogens is 208 g/mol. The second-order valence-electron chi connectivity index (χ2n) is 7.37. The fraction of sp³-hybridized carbons (Fsp3) is 1.00. The molecule has 17 heavy (non-hydrogen) atoms. The van der Waals surface area contributed by atoms with E-state index in [1.54, 1.807) is 0 Å². The third kappa shape index (κ3) is 5.39. The normalized spacial score (nSPS) is 29.3. The summed E-state index contributed by atoms with van der Waals surface area (Å²) in [6, 6.07) is 0. The van der Waals surface area contributed by atoms with Gasteiger partial charge in [-0.05, 0) is 49.1 Å². The summed E-state index contributed by atoms with van der Waals surface area (Å²) in [6.07, 6.45) is 2.60. The Morgan fingerprint density at radius 2 is 1.88 bits per heavy atom. The third-order valence-electron chi connectivity index (χ3n) is 4.17. The highest BCUT2D eigenvalue weighted by molar-refractivity contribution is 4.79. The number of hydrogen-bond donors (Lipinski definition) is 1. The van der Waals surface area contributed by atoms with Crippen molar-refractivity contribution in [1.82, 2.24) is 4.90 Å². The van der Waals surface area contributed by atoms with Crippen molar-refractivity contribution in [3.63, 3.8) is 0 Å². The molecule has 0 saturated carbocycles. The molecule has 102 valence electrons. The van der Waals surface area contributed by atoms with E-state index in [-0.39, 0.29) is 0 Å². The largest absolute Gasteiger partial charge is 0.330 e. The van der Waals surface area contributed by atoms with Gasteiger partial charge in [0.15, 0.2) is 0 Å². The van der Waals surface area contributed by atoms with Crippen LogP contribution in [0.2, 0.25) is 0 Å². The molecule has 0 bridgehead atoms. The van der Waals surface area contributed by atoms with Crippen LogP contribution in [0.25, 0.3) is 0 Å². The van der Waals surface area contributed by atoms with Gasteiger partial charge in [-0.3, -0.25) is 0 Å². The zero-order chi connectivity index (χ0) is 13.1. The maximum atomic E-state index is 5.93. The maximum absolute atomic E-state index is 5.93. The van der Waals surface area contributed by atoms with E-state index in [0.29, 0.717) is 11.3 Å². The van der Waals surface area contributed by atoms with Crippen LogP contribution in [-0.4, -0.2) is 31.1 Å². The molecule has 0 radical (unpaired) electrons. The number of nitrogens with two attached hydrogens (primary N) is 1. The zero-order valence-electron chi connectivity index (χ0n) is 12.5. The smallest absolute Gasteiger partial charge is 0.00220 e. The van der Waals surface area contributed by atoms with Gasteiger partial charge in [-0.25, -0.2) is 0 Å². The van der Waals surface area contributed by atoms with Crippen molar-refractivity contribution in [2.75, 3.05) is 26.2 Å². The SMILES string of the molecule is CC1CCN(CC(CN)CC(C)(C)C)CC1C. The summed E-state index contributed by atoms with van der Waals surface area (Å²) in [5, 5.41) is 0. The van der Waals surface area contributed by atoms with Crippen molar-refractivity contribution in [1.29, 1.82) is 0 Å². The standard InChI is InChI=1S/C15H32N2/c1-12-6-7-17(10-13(12)2)11-14(9-16)8-15(3,4)5/h12-14H,6-11,16H2,1-5H3. The molecule has 2 N–H and O–H groups in total. The quantitative estimate of drug-likeness (QED) is 0.818. The summed E-state index contributed by atoms with van der Waals surface area (Å²) in [6.45, 7) is 16.3. The molecular formula is C15H32N2. The van der Waals surface area contributed by atoms with Crippen LogP contribution in [0.4, 0.5) is 0 Å². The van der Waals surface area contributed by atoms with Crippen LogP contribution in [-0.2, 0) is 0 Å². The van der Waals surface area contributed by atoms with Crippen molar-refractivity contribution >= 4 is 0 Å². The first-order chi connectivity index (χ1) is 7.81. The molecule has 0 amide bonds. The van der Waals surface area contributed by atoms with Gasteiger partial charge in [0.05, 0.1) is 0 Å². The third-order valence-corrected chi connectivity index (χ3v) is 4.17. The van der Waals surface area contributed by atoms with E-state index in [0.717, 1.165) is 18.4 Å². The van der Waals surface area contributed by atoms with Gasteiger partial charge in [0.2, 0.25) is 0 Å². The second-order valence-corrected chi connectivity index (χ2v) is 7.37. The molecule has 1 heterocycles. The van der Waals surface area contributed by atoms with E-state index >= 15 is 0 Å². The lowest BCUT2D eigenvalue weighted by molar-refractivity contribution is 0.111. The first-order valence-corrected chi connectivity index (χ1v) is 7.24. The molecule has 2 heteroatoms. The van der Waals surface area contributed by atoms with E-state index in [2.05, 4.69) is 39.5 Å². The van der Waals surface area contributed by atoms with Crippen molar-refractivity contribution in [2.45, 2.75) is 47.5 Å². The fourth-order valence-electron chi connectivity index (χ4n) is 2.97. The van der Waals surface area contributed by atoms with Crippen LogP contribution < -0.4 is 5.73 Å². The Kier molecular flexibility index (Phi) is 5.46. The van der Waals surface area contributed by atoms with Gasteiger partial charge >= 0.3 is 0 Å². The van der Waals surface area contributed by atoms with E-state index in [1.165, 1.54) is 32.5 Å². The molecule has 0 aliphatic carbocycles. The molecule has 0 aromatic rings. The lowest BCUT2D eigenvalue weighted by atomic mass is 9.83. The Balaban J connectivity index is 2.41. The molecule has 3 atom stereocenters. The van der Waals surface area contributed by atoms with Crippen molar-refractivity contribution in [2.24, 2.45) is 28.9 Å². The second kappa shape index (κ2) is 6.19. The van der Waals surface area contributed by atoms with Crippen LogP contribution in [0.15, 0.2) is 0 Å². The van der Waals surface area contributed by atoms with Gasteiger partial charge in [0.25, 0.3) is 0 Å². The van der Waals surface area contributed by atoms with Gasteiger partial charge < -0.3 is 10.6 Å². The van der Waals surface area contributed by atoms with Crippen LogP contribution in [0, 0.1) is 23.2 Å². The average molecular weight is 240 g/mol. The Hall–Kier alpha value is -0.0800. The first kappa shape index (κ1) is 15.0. The minimum Gasteiger partial charge on any atom is -0.330 e. The zero-order valence-corrected chi connectivity index (χ0v) is 12.5. The summed E-state index contributed by atoms with van der Waals surface area (Å²) in [7, 11) is 0. The highest BCUT2D eigenvalue weighted by Gasteiger charge is 2.25. The summed E-state index contributed by atoms with van der Waals surface area (Å²) in [5.74, 6) is 2.40. The lowest BCUT2D eigenvalue weighted by Crippen LogP contribution is -2.42. The summed E-state index contributed by atoms with van der Waals surface area (Å²) in [5.41, 5.74) is 6.33. The molecule has 1 saturated heterocycles. The Morgan fingerprint density at radius 1 is 1.24 bits per heavy atom. The Labute approximate surface area is 108 Å². The van der Waals surface area contributed by atoms with E-state index in [4.69, 9.17) is 5.73 Å². The predicted molar refractivity (Wildman–Crippen MR) is 76.0 cm³/mol. The fourth-order valence-corrected chi connectivity index (χ4v) is 2.97. The first-order valence-electron chi connectivity index (χ1n) is 7.24. The Bertz CT molecular complexity index is 219. The van der Waals surface area contributed by atoms with Crippen molar-refractivity contribution in [3.05, 3.63) is 0 Å². The van der Waals surface area contributed by atoms with Gasteiger partial charge in [0, 0.05) is 13.1 Å². The van der Waals surface area contributed by atoms with Crippen molar-refractivity contribution in [3.8, 4) is 0 Å². The molecule has 1 fully saturated rings. The number of piperidine rings is 1.